The number of halogens is 1. The van der Waals surface area contributed by atoms with Crippen molar-refractivity contribution in [2.24, 2.45) is 0 Å². The van der Waals surface area contributed by atoms with Crippen LogP contribution in [0.1, 0.15) is 56.0 Å². The van der Waals surface area contributed by atoms with Crippen molar-refractivity contribution in [3.8, 4) is 0 Å². The maximum absolute atomic E-state index is 13.3. The van der Waals surface area contributed by atoms with Crippen molar-refractivity contribution in [1.29, 1.82) is 0 Å². The molecule has 0 radical (unpaired) electrons. The normalized spacial score (nSPS) is 15.1. The minimum absolute atomic E-state index is 0.0203. The van der Waals surface area contributed by atoms with Gasteiger partial charge in [-0.15, -0.1) is 0 Å². The third kappa shape index (κ3) is 5.85. The Morgan fingerprint density at radius 2 is 1.74 bits per heavy atom. The van der Waals surface area contributed by atoms with E-state index >= 15 is 0 Å². The first-order valence-electron chi connectivity index (χ1n) is 11.6. The Kier molecular flexibility index (Phi) is 8.56. The SMILES string of the molecule is CC[C@H](C(=O)NC(C)C)N(Cc1ccccc1Cl)C(=O)CCCN1C(=O)c2ccccc2S1(=O)=O. The lowest BCUT2D eigenvalue weighted by Crippen LogP contribution is -2.50. The topological polar surface area (TPSA) is 104 Å². The molecule has 8 nitrogen and oxygen atoms in total. The Bertz CT molecular complexity index is 1220. The smallest absolute Gasteiger partial charge is 0.269 e. The summed E-state index contributed by atoms with van der Waals surface area (Å²) in [6, 6.07) is 12.3. The monoisotopic (exact) mass is 519 g/mol. The second kappa shape index (κ2) is 11.2. The van der Waals surface area contributed by atoms with Gasteiger partial charge < -0.3 is 10.2 Å². The van der Waals surface area contributed by atoms with Crippen LogP contribution in [0.5, 0.6) is 0 Å². The van der Waals surface area contributed by atoms with Gasteiger partial charge in [-0.1, -0.05) is 48.9 Å². The van der Waals surface area contributed by atoms with Crippen LogP contribution in [-0.2, 0) is 26.2 Å². The van der Waals surface area contributed by atoms with Gasteiger partial charge in [0.1, 0.15) is 10.9 Å². The number of sulfonamides is 1. The molecule has 2 aromatic carbocycles. The molecule has 0 saturated heterocycles. The third-order valence-corrected chi connectivity index (χ3v) is 7.99. The van der Waals surface area contributed by atoms with E-state index in [-0.39, 0.29) is 54.2 Å². The minimum atomic E-state index is -3.94. The molecule has 0 fully saturated rings. The van der Waals surface area contributed by atoms with Crippen LogP contribution in [0.3, 0.4) is 0 Å². The van der Waals surface area contributed by atoms with E-state index in [1.54, 1.807) is 36.4 Å². The molecule has 0 aliphatic carbocycles. The molecule has 2 aromatic rings. The Hall–Kier alpha value is -2.91. The number of amides is 3. The highest BCUT2D eigenvalue weighted by molar-refractivity contribution is 7.90. The number of carbonyl (C=O) groups is 3. The average molecular weight is 520 g/mol. The summed E-state index contributed by atoms with van der Waals surface area (Å²) in [4.78, 5) is 40.3. The van der Waals surface area contributed by atoms with E-state index in [4.69, 9.17) is 11.6 Å². The molecule has 0 unspecified atom stereocenters. The van der Waals surface area contributed by atoms with Gasteiger partial charge in [-0.25, -0.2) is 12.7 Å². The summed E-state index contributed by atoms with van der Waals surface area (Å²) in [5.41, 5.74) is 0.835. The highest BCUT2D eigenvalue weighted by Crippen LogP contribution is 2.30. The van der Waals surface area contributed by atoms with Gasteiger partial charge in [-0.3, -0.25) is 14.4 Å². The van der Waals surface area contributed by atoms with E-state index in [1.165, 1.54) is 17.0 Å². The highest BCUT2D eigenvalue weighted by Gasteiger charge is 2.40. The van der Waals surface area contributed by atoms with Gasteiger partial charge in [0.15, 0.2) is 0 Å². The molecule has 0 saturated carbocycles. The molecule has 10 heteroatoms. The van der Waals surface area contributed by atoms with Crippen molar-refractivity contribution in [2.45, 2.75) is 63.6 Å². The number of carbonyl (C=O) groups excluding carboxylic acids is 3. The summed E-state index contributed by atoms with van der Waals surface area (Å²) < 4.78 is 26.4. The van der Waals surface area contributed by atoms with Crippen LogP contribution in [0.15, 0.2) is 53.4 Å². The van der Waals surface area contributed by atoms with Gasteiger partial charge in [0.25, 0.3) is 15.9 Å². The Labute approximate surface area is 211 Å². The van der Waals surface area contributed by atoms with Gasteiger partial charge in [0.2, 0.25) is 11.8 Å². The van der Waals surface area contributed by atoms with Crippen LogP contribution in [-0.4, -0.2) is 54.0 Å². The van der Waals surface area contributed by atoms with Gasteiger partial charge >= 0.3 is 0 Å². The van der Waals surface area contributed by atoms with Gasteiger partial charge in [-0.2, -0.15) is 0 Å². The first-order valence-corrected chi connectivity index (χ1v) is 13.4. The molecule has 0 aromatic heterocycles. The summed E-state index contributed by atoms with van der Waals surface area (Å²) in [5.74, 6) is -1.18. The van der Waals surface area contributed by atoms with Crippen molar-refractivity contribution in [1.82, 2.24) is 14.5 Å². The molecular weight excluding hydrogens is 490 g/mol. The number of nitrogens with one attached hydrogen (secondary N) is 1. The van der Waals surface area contributed by atoms with E-state index in [1.807, 2.05) is 20.8 Å². The number of rotatable bonds is 10. The van der Waals surface area contributed by atoms with Crippen LogP contribution in [0.25, 0.3) is 0 Å². The lowest BCUT2D eigenvalue weighted by atomic mass is 10.1. The van der Waals surface area contributed by atoms with Gasteiger partial charge in [0.05, 0.1) is 5.56 Å². The summed E-state index contributed by atoms with van der Waals surface area (Å²) in [6.45, 7) is 5.52. The number of nitrogens with zero attached hydrogens (tertiary/aromatic N) is 2. The highest BCUT2D eigenvalue weighted by atomic mass is 35.5. The zero-order valence-corrected chi connectivity index (χ0v) is 21.6. The van der Waals surface area contributed by atoms with E-state index in [9.17, 15) is 22.8 Å². The van der Waals surface area contributed by atoms with Crippen LogP contribution in [0.2, 0.25) is 5.02 Å². The fourth-order valence-electron chi connectivity index (χ4n) is 4.08. The van der Waals surface area contributed by atoms with E-state index < -0.39 is 22.0 Å². The Balaban J connectivity index is 1.76. The molecule has 1 atom stereocenters. The minimum Gasteiger partial charge on any atom is -0.352 e. The number of hydrogen-bond donors (Lipinski definition) is 1. The summed E-state index contributed by atoms with van der Waals surface area (Å²) in [6.07, 6.45) is 0.480. The lowest BCUT2D eigenvalue weighted by molar-refractivity contribution is -0.141. The van der Waals surface area contributed by atoms with Crippen molar-refractivity contribution in [2.75, 3.05) is 6.54 Å². The van der Waals surface area contributed by atoms with Crippen molar-refractivity contribution in [3.63, 3.8) is 0 Å². The zero-order chi connectivity index (χ0) is 25.8. The Morgan fingerprint density at radius 1 is 1.09 bits per heavy atom. The molecule has 0 bridgehead atoms. The van der Waals surface area contributed by atoms with Gasteiger partial charge in [0, 0.05) is 30.6 Å². The fourth-order valence-corrected chi connectivity index (χ4v) is 5.88. The summed E-state index contributed by atoms with van der Waals surface area (Å²) in [7, 11) is -3.94. The number of fused-ring (bicyclic) bond motifs is 1. The molecule has 1 aliphatic heterocycles. The maximum atomic E-state index is 13.3. The summed E-state index contributed by atoms with van der Waals surface area (Å²) in [5, 5.41) is 3.34. The third-order valence-electron chi connectivity index (χ3n) is 5.78. The van der Waals surface area contributed by atoms with Crippen molar-refractivity contribution < 1.29 is 22.8 Å². The van der Waals surface area contributed by atoms with E-state index in [0.29, 0.717) is 17.0 Å². The molecule has 3 rings (SSSR count). The van der Waals surface area contributed by atoms with Crippen molar-refractivity contribution >= 4 is 39.3 Å². The first-order chi connectivity index (χ1) is 16.6. The van der Waals surface area contributed by atoms with Crippen LogP contribution in [0, 0.1) is 0 Å². The average Bonchev–Trinajstić information content (AvgIpc) is 3.00. The van der Waals surface area contributed by atoms with Gasteiger partial charge in [-0.05, 0) is 50.5 Å². The fraction of sp³-hybridized carbons (Fsp3) is 0.400. The van der Waals surface area contributed by atoms with Crippen LogP contribution in [0.4, 0.5) is 0 Å². The van der Waals surface area contributed by atoms with E-state index in [2.05, 4.69) is 5.32 Å². The Morgan fingerprint density at radius 3 is 2.37 bits per heavy atom. The molecule has 35 heavy (non-hydrogen) atoms. The quantitative estimate of drug-likeness (QED) is 0.516. The molecule has 0 spiro atoms. The molecule has 1 N–H and O–H groups in total. The van der Waals surface area contributed by atoms with Crippen LogP contribution < -0.4 is 5.32 Å². The number of hydrogen-bond acceptors (Lipinski definition) is 5. The molecular formula is C25H30ClN3O5S. The summed E-state index contributed by atoms with van der Waals surface area (Å²) >= 11 is 6.32. The predicted molar refractivity (Wildman–Crippen MR) is 133 cm³/mol. The number of benzene rings is 2. The maximum Gasteiger partial charge on any atom is 0.269 e. The van der Waals surface area contributed by atoms with Crippen molar-refractivity contribution in [3.05, 3.63) is 64.7 Å². The molecule has 1 heterocycles. The second-order valence-electron chi connectivity index (χ2n) is 8.68. The zero-order valence-electron chi connectivity index (χ0n) is 20.0. The van der Waals surface area contributed by atoms with E-state index in [0.717, 1.165) is 4.31 Å². The standard InChI is InChI=1S/C25H30ClN3O5S/c1-4-21(24(31)27-17(2)3)28(16-18-10-5-7-12-20(18)26)23(30)14-9-15-29-25(32)19-11-6-8-13-22(19)35(29,33)34/h5-8,10-13,17,21H,4,9,14-16H2,1-3H3,(H,27,31)/t21-/m1/s1. The van der Waals surface area contributed by atoms with Crippen LogP contribution >= 0.6 is 11.6 Å². The predicted octanol–water partition coefficient (Wildman–Crippen LogP) is 3.60. The molecule has 1 aliphatic rings. The lowest BCUT2D eigenvalue weighted by Gasteiger charge is -2.31. The first kappa shape index (κ1) is 26.7. The largest absolute Gasteiger partial charge is 0.352 e. The molecule has 188 valence electrons. The second-order valence-corrected chi connectivity index (χ2v) is 10.9. The molecule has 3 amide bonds.